The van der Waals surface area contributed by atoms with Crippen LogP contribution in [0.15, 0.2) is 0 Å². The van der Waals surface area contributed by atoms with Crippen molar-refractivity contribution in [2.24, 2.45) is 7.05 Å². The molecule has 1 heterocycles. The van der Waals surface area contributed by atoms with Crippen LogP contribution in [0.1, 0.15) is 5.69 Å². The average molecular weight is 143 g/mol. The SMILES string of the molecule is CPc1c(C)nnn1C. The highest BCUT2D eigenvalue weighted by atomic mass is 31.1. The quantitative estimate of drug-likeness (QED) is 0.520. The second-order valence-electron chi connectivity index (χ2n) is 1.90. The summed E-state index contributed by atoms with van der Waals surface area (Å²) in [5, 5.41) is 7.77. The Morgan fingerprint density at radius 2 is 2.22 bits per heavy atom. The largest absolute Gasteiger partial charge is 0.248 e. The lowest BCUT2D eigenvalue weighted by Crippen LogP contribution is -2.09. The minimum absolute atomic E-state index is 0.790. The van der Waals surface area contributed by atoms with Crippen molar-refractivity contribution in [1.82, 2.24) is 15.0 Å². The van der Waals surface area contributed by atoms with Crippen LogP contribution in [-0.2, 0) is 7.05 Å². The second-order valence-corrected chi connectivity index (χ2v) is 2.87. The molecule has 0 bridgehead atoms. The Hall–Kier alpha value is -0.430. The number of aryl methyl sites for hydroxylation is 2. The number of aromatic nitrogens is 3. The first-order valence-corrected chi connectivity index (χ1v) is 4.29. The van der Waals surface area contributed by atoms with E-state index in [1.165, 1.54) is 5.44 Å². The van der Waals surface area contributed by atoms with Crippen molar-refractivity contribution in [2.75, 3.05) is 6.66 Å². The van der Waals surface area contributed by atoms with E-state index in [1.54, 1.807) is 0 Å². The molecule has 3 nitrogen and oxygen atoms in total. The highest BCUT2D eigenvalue weighted by Crippen LogP contribution is 2.03. The zero-order valence-electron chi connectivity index (χ0n) is 5.84. The lowest BCUT2D eigenvalue weighted by molar-refractivity contribution is 0.728. The van der Waals surface area contributed by atoms with Gasteiger partial charge in [-0.2, -0.15) is 0 Å². The van der Waals surface area contributed by atoms with Crippen molar-refractivity contribution in [2.45, 2.75) is 6.92 Å². The van der Waals surface area contributed by atoms with Crippen LogP contribution in [-0.4, -0.2) is 21.7 Å². The third-order valence-corrected chi connectivity index (χ3v) is 2.39. The molecule has 0 aliphatic carbocycles. The van der Waals surface area contributed by atoms with Crippen LogP contribution < -0.4 is 5.44 Å². The Morgan fingerprint density at radius 3 is 2.44 bits per heavy atom. The number of hydrogen-bond acceptors (Lipinski definition) is 2. The summed E-state index contributed by atoms with van der Waals surface area (Å²) in [4.78, 5) is 0. The smallest absolute Gasteiger partial charge is 0.0870 e. The normalized spacial score (nSPS) is 11.4. The number of nitrogens with zero attached hydrogens (tertiary/aromatic N) is 3. The van der Waals surface area contributed by atoms with Crippen molar-refractivity contribution < 1.29 is 0 Å². The van der Waals surface area contributed by atoms with Crippen LogP contribution in [0.2, 0.25) is 0 Å². The molecule has 0 spiro atoms. The standard InChI is InChI=1S/C5H10N3P/c1-4-5(9-3)8(2)7-6-4/h9H,1-3H3. The first-order chi connectivity index (χ1) is 4.25. The summed E-state index contributed by atoms with van der Waals surface area (Å²) in [6.07, 6.45) is 0. The molecule has 0 N–H and O–H groups in total. The average Bonchev–Trinajstić information content (AvgIpc) is 2.12. The van der Waals surface area contributed by atoms with Crippen LogP contribution in [0.25, 0.3) is 0 Å². The topological polar surface area (TPSA) is 30.7 Å². The molecule has 0 aliphatic rings. The summed E-state index contributed by atoms with van der Waals surface area (Å²) in [6, 6.07) is 0. The minimum Gasteiger partial charge on any atom is -0.248 e. The van der Waals surface area contributed by atoms with E-state index in [9.17, 15) is 0 Å². The molecule has 0 aromatic carbocycles. The molecule has 0 saturated carbocycles. The van der Waals surface area contributed by atoms with Gasteiger partial charge in [0.05, 0.1) is 11.1 Å². The maximum absolute atomic E-state index is 3.91. The molecule has 9 heavy (non-hydrogen) atoms. The van der Waals surface area contributed by atoms with Crippen LogP contribution in [0.5, 0.6) is 0 Å². The van der Waals surface area contributed by atoms with Gasteiger partial charge in [0.15, 0.2) is 0 Å². The third kappa shape index (κ3) is 1.11. The summed E-state index contributed by atoms with van der Waals surface area (Å²) in [5.41, 5.74) is 2.30. The predicted octanol–water partition coefficient (Wildman–Crippen LogP) is 0.0571. The van der Waals surface area contributed by atoms with E-state index in [2.05, 4.69) is 17.0 Å². The summed E-state index contributed by atoms with van der Waals surface area (Å²) >= 11 is 0. The molecule has 1 rings (SSSR count). The van der Waals surface area contributed by atoms with Crippen LogP contribution in [0.4, 0.5) is 0 Å². The molecule has 1 aromatic heterocycles. The zero-order chi connectivity index (χ0) is 6.85. The van der Waals surface area contributed by atoms with E-state index in [0.29, 0.717) is 0 Å². The minimum atomic E-state index is 0.790. The van der Waals surface area contributed by atoms with Gasteiger partial charge in [0, 0.05) is 7.05 Å². The van der Waals surface area contributed by atoms with Gasteiger partial charge in [0.25, 0.3) is 0 Å². The summed E-state index contributed by atoms with van der Waals surface area (Å²) < 4.78 is 1.83. The van der Waals surface area contributed by atoms with Crippen LogP contribution in [0, 0.1) is 6.92 Å². The zero-order valence-corrected chi connectivity index (χ0v) is 6.84. The third-order valence-electron chi connectivity index (χ3n) is 1.23. The number of rotatable bonds is 1. The number of hydrogen-bond donors (Lipinski definition) is 0. The van der Waals surface area contributed by atoms with Crippen molar-refractivity contribution in [3.63, 3.8) is 0 Å². The fourth-order valence-electron chi connectivity index (χ4n) is 0.803. The van der Waals surface area contributed by atoms with Gasteiger partial charge in [0.1, 0.15) is 0 Å². The molecule has 0 fully saturated rings. The van der Waals surface area contributed by atoms with Crippen LogP contribution >= 0.6 is 8.58 Å². The molecule has 1 aromatic rings. The van der Waals surface area contributed by atoms with E-state index < -0.39 is 0 Å². The Morgan fingerprint density at radius 1 is 1.56 bits per heavy atom. The summed E-state index contributed by atoms with van der Waals surface area (Å²) in [7, 11) is 2.71. The van der Waals surface area contributed by atoms with E-state index in [1.807, 2.05) is 18.7 Å². The second kappa shape index (κ2) is 2.44. The molecule has 50 valence electrons. The highest BCUT2D eigenvalue weighted by Gasteiger charge is 2.00. The van der Waals surface area contributed by atoms with Crippen molar-refractivity contribution >= 4 is 14.0 Å². The van der Waals surface area contributed by atoms with Crippen molar-refractivity contribution in [3.8, 4) is 0 Å². The Labute approximate surface area is 56.2 Å². The van der Waals surface area contributed by atoms with E-state index in [4.69, 9.17) is 0 Å². The maximum atomic E-state index is 3.91. The van der Waals surface area contributed by atoms with Gasteiger partial charge in [-0.25, -0.2) is 4.68 Å². The fraction of sp³-hybridized carbons (Fsp3) is 0.600. The first kappa shape index (κ1) is 6.69. The molecule has 0 radical (unpaired) electrons. The van der Waals surface area contributed by atoms with Crippen LogP contribution in [0.3, 0.4) is 0 Å². The lowest BCUT2D eigenvalue weighted by Gasteiger charge is -1.93. The monoisotopic (exact) mass is 143 g/mol. The summed E-state index contributed by atoms with van der Waals surface area (Å²) in [5.74, 6) is 0. The summed E-state index contributed by atoms with van der Waals surface area (Å²) in [6.45, 7) is 4.12. The van der Waals surface area contributed by atoms with E-state index in [-0.39, 0.29) is 0 Å². The van der Waals surface area contributed by atoms with Gasteiger partial charge in [-0.1, -0.05) is 13.8 Å². The van der Waals surface area contributed by atoms with Gasteiger partial charge in [-0.3, -0.25) is 0 Å². The molecule has 4 heteroatoms. The molecular formula is C5H10N3P. The van der Waals surface area contributed by atoms with E-state index >= 15 is 0 Å². The van der Waals surface area contributed by atoms with Crippen molar-refractivity contribution in [1.29, 1.82) is 0 Å². The van der Waals surface area contributed by atoms with Gasteiger partial charge in [0.2, 0.25) is 0 Å². The molecular weight excluding hydrogens is 133 g/mol. The Bertz CT molecular complexity index is 186. The maximum Gasteiger partial charge on any atom is 0.0870 e. The van der Waals surface area contributed by atoms with E-state index in [0.717, 1.165) is 14.3 Å². The first-order valence-electron chi connectivity index (χ1n) is 2.79. The molecule has 0 saturated heterocycles. The van der Waals surface area contributed by atoms with Crippen molar-refractivity contribution in [3.05, 3.63) is 5.69 Å². The lowest BCUT2D eigenvalue weighted by atomic mass is 10.6. The Kier molecular flexibility index (Phi) is 1.81. The molecule has 0 amide bonds. The van der Waals surface area contributed by atoms with Gasteiger partial charge < -0.3 is 0 Å². The highest BCUT2D eigenvalue weighted by molar-refractivity contribution is 7.46. The molecule has 1 atom stereocenters. The van der Waals surface area contributed by atoms with Gasteiger partial charge in [-0.15, -0.1) is 5.10 Å². The van der Waals surface area contributed by atoms with Gasteiger partial charge >= 0.3 is 0 Å². The molecule has 0 aliphatic heterocycles. The fourth-order valence-corrected chi connectivity index (χ4v) is 1.58. The Balaban J connectivity index is 3.07. The predicted molar refractivity (Wildman–Crippen MR) is 39.6 cm³/mol. The molecule has 1 unspecified atom stereocenters. The van der Waals surface area contributed by atoms with Gasteiger partial charge in [-0.05, 0) is 13.6 Å².